The molecule has 0 saturated carbocycles. The van der Waals surface area contributed by atoms with Crippen molar-refractivity contribution in [3.05, 3.63) is 35.9 Å². The fraction of sp³-hybridized carbons (Fsp3) is 0.438. The van der Waals surface area contributed by atoms with Crippen LogP contribution in [-0.2, 0) is 25.7 Å². The lowest BCUT2D eigenvalue weighted by Gasteiger charge is -2.19. The molecule has 1 aromatic carbocycles. The molecule has 0 bridgehead atoms. The van der Waals surface area contributed by atoms with Gasteiger partial charge in [0.2, 0.25) is 5.91 Å². The highest BCUT2D eigenvalue weighted by atomic mass is 16.6. The minimum Gasteiger partial charge on any atom is -0.460 e. The highest BCUT2D eigenvalue weighted by molar-refractivity contribution is 5.94. The Morgan fingerprint density at radius 1 is 1.17 bits per heavy atom. The molecule has 0 aliphatic rings. The van der Waals surface area contributed by atoms with E-state index in [0.29, 0.717) is 0 Å². The van der Waals surface area contributed by atoms with E-state index in [1.165, 1.54) is 0 Å². The Bertz CT molecular complexity index is 551. The van der Waals surface area contributed by atoms with Crippen molar-refractivity contribution in [3.63, 3.8) is 0 Å². The molecule has 0 fully saturated rings. The standard InChI is InChI=1S/C16H22N2O5/c1-16(2,3)23-15(21)18-13(19)9-12(17)14(20)22-10-11-7-5-4-6-8-11/h4-8,12H,9-10,17H2,1-3H3,(H,18,19,21)/t12-/m0/s1. The summed E-state index contributed by atoms with van der Waals surface area (Å²) in [4.78, 5) is 34.8. The van der Waals surface area contributed by atoms with Crippen LogP contribution >= 0.6 is 0 Å². The molecule has 7 nitrogen and oxygen atoms in total. The number of carbonyl (C=O) groups excluding carboxylic acids is 3. The van der Waals surface area contributed by atoms with E-state index in [1.54, 1.807) is 32.9 Å². The number of benzene rings is 1. The van der Waals surface area contributed by atoms with Gasteiger partial charge in [0.15, 0.2) is 0 Å². The first-order valence-corrected chi connectivity index (χ1v) is 7.16. The molecule has 1 rings (SSSR count). The number of amides is 2. The molecule has 1 aromatic rings. The maximum atomic E-state index is 11.7. The van der Waals surface area contributed by atoms with Crippen LogP contribution in [0.5, 0.6) is 0 Å². The Balaban J connectivity index is 2.36. The summed E-state index contributed by atoms with van der Waals surface area (Å²) in [6.45, 7) is 5.08. The van der Waals surface area contributed by atoms with E-state index >= 15 is 0 Å². The van der Waals surface area contributed by atoms with E-state index in [0.717, 1.165) is 5.56 Å². The van der Waals surface area contributed by atoms with Gasteiger partial charge in [-0.1, -0.05) is 30.3 Å². The van der Waals surface area contributed by atoms with Crippen LogP contribution in [0.4, 0.5) is 4.79 Å². The molecule has 2 amide bonds. The van der Waals surface area contributed by atoms with E-state index in [9.17, 15) is 14.4 Å². The van der Waals surface area contributed by atoms with Gasteiger partial charge in [-0.15, -0.1) is 0 Å². The summed E-state index contributed by atoms with van der Waals surface area (Å²) in [5.41, 5.74) is 5.69. The fourth-order valence-corrected chi connectivity index (χ4v) is 1.59. The largest absolute Gasteiger partial charge is 0.460 e. The van der Waals surface area contributed by atoms with Crippen molar-refractivity contribution in [2.75, 3.05) is 0 Å². The maximum absolute atomic E-state index is 11.7. The third-order valence-electron chi connectivity index (χ3n) is 2.57. The Kier molecular flexibility index (Phi) is 6.71. The number of nitrogens with two attached hydrogens (primary N) is 1. The lowest BCUT2D eigenvalue weighted by Crippen LogP contribution is -2.41. The second kappa shape index (κ2) is 8.28. The van der Waals surface area contributed by atoms with Crippen LogP contribution in [0.3, 0.4) is 0 Å². The van der Waals surface area contributed by atoms with Gasteiger partial charge in [0.05, 0.1) is 6.42 Å². The van der Waals surface area contributed by atoms with Crippen molar-refractivity contribution < 1.29 is 23.9 Å². The molecule has 0 saturated heterocycles. The maximum Gasteiger partial charge on any atom is 0.414 e. The van der Waals surface area contributed by atoms with Crippen molar-refractivity contribution in [1.29, 1.82) is 0 Å². The average Bonchev–Trinajstić information content (AvgIpc) is 2.43. The normalized spacial score (nSPS) is 12.2. The zero-order valence-corrected chi connectivity index (χ0v) is 13.5. The van der Waals surface area contributed by atoms with Gasteiger partial charge in [-0.3, -0.25) is 14.9 Å². The van der Waals surface area contributed by atoms with Crippen LogP contribution in [-0.4, -0.2) is 29.6 Å². The van der Waals surface area contributed by atoms with Gasteiger partial charge in [-0.25, -0.2) is 4.79 Å². The van der Waals surface area contributed by atoms with Crippen molar-refractivity contribution in [2.24, 2.45) is 5.73 Å². The molecule has 0 radical (unpaired) electrons. The summed E-state index contributed by atoms with van der Waals surface area (Å²) < 4.78 is 9.94. The molecule has 23 heavy (non-hydrogen) atoms. The SMILES string of the molecule is CC(C)(C)OC(=O)NC(=O)C[C@H](N)C(=O)OCc1ccccc1. The quantitative estimate of drug-likeness (QED) is 0.795. The smallest absolute Gasteiger partial charge is 0.414 e. The highest BCUT2D eigenvalue weighted by Gasteiger charge is 2.22. The summed E-state index contributed by atoms with van der Waals surface area (Å²) in [5, 5.41) is 2.01. The molecule has 7 heteroatoms. The molecule has 0 aliphatic carbocycles. The van der Waals surface area contributed by atoms with Crippen molar-refractivity contribution in [1.82, 2.24) is 5.32 Å². The minimum atomic E-state index is -1.15. The highest BCUT2D eigenvalue weighted by Crippen LogP contribution is 2.07. The molecule has 3 N–H and O–H groups in total. The lowest BCUT2D eigenvalue weighted by atomic mass is 10.2. The van der Waals surface area contributed by atoms with Gasteiger partial charge in [0.1, 0.15) is 18.2 Å². The first kappa shape index (κ1) is 18.6. The zero-order valence-electron chi connectivity index (χ0n) is 13.5. The minimum absolute atomic E-state index is 0.0705. The van der Waals surface area contributed by atoms with Gasteiger partial charge in [0, 0.05) is 0 Å². The van der Waals surface area contributed by atoms with E-state index in [1.807, 2.05) is 23.5 Å². The Labute approximate surface area is 135 Å². The molecule has 126 valence electrons. The van der Waals surface area contributed by atoms with Gasteiger partial charge >= 0.3 is 12.1 Å². The predicted octanol–water partition coefficient (Wildman–Crippen LogP) is 1.50. The number of imide groups is 1. The Morgan fingerprint density at radius 3 is 2.35 bits per heavy atom. The topological polar surface area (TPSA) is 108 Å². The number of hydrogen-bond acceptors (Lipinski definition) is 6. The Hall–Kier alpha value is -2.41. The second-order valence-corrected chi connectivity index (χ2v) is 5.95. The second-order valence-electron chi connectivity index (χ2n) is 5.95. The van der Waals surface area contributed by atoms with Gasteiger partial charge < -0.3 is 15.2 Å². The fourth-order valence-electron chi connectivity index (χ4n) is 1.59. The van der Waals surface area contributed by atoms with Crippen molar-refractivity contribution in [2.45, 2.75) is 45.4 Å². The van der Waals surface area contributed by atoms with Crippen LogP contribution in [0, 0.1) is 0 Å². The van der Waals surface area contributed by atoms with Gasteiger partial charge in [-0.2, -0.15) is 0 Å². The number of esters is 1. The van der Waals surface area contributed by atoms with Crippen LogP contribution in [0.1, 0.15) is 32.8 Å². The number of nitrogens with one attached hydrogen (secondary N) is 1. The number of rotatable bonds is 5. The molecule has 0 unspecified atom stereocenters. The third kappa shape index (κ3) is 7.96. The van der Waals surface area contributed by atoms with E-state index in [2.05, 4.69) is 0 Å². The van der Waals surface area contributed by atoms with Crippen LogP contribution in [0.15, 0.2) is 30.3 Å². The third-order valence-corrected chi connectivity index (χ3v) is 2.57. The molecule has 0 aliphatic heterocycles. The molecule has 0 spiro atoms. The van der Waals surface area contributed by atoms with Crippen LogP contribution < -0.4 is 11.1 Å². The zero-order chi connectivity index (χ0) is 17.5. The number of hydrogen-bond donors (Lipinski definition) is 2. The predicted molar refractivity (Wildman–Crippen MR) is 83.2 cm³/mol. The molecular formula is C16H22N2O5. The number of ether oxygens (including phenoxy) is 2. The summed E-state index contributed by atoms with van der Waals surface area (Å²) in [6, 6.07) is 7.93. The molecule has 0 heterocycles. The average molecular weight is 322 g/mol. The van der Waals surface area contributed by atoms with Crippen LogP contribution in [0.25, 0.3) is 0 Å². The molecule has 0 aromatic heterocycles. The number of carbonyl (C=O) groups is 3. The van der Waals surface area contributed by atoms with Crippen molar-refractivity contribution >= 4 is 18.0 Å². The van der Waals surface area contributed by atoms with Crippen LogP contribution in [0.2, 0.25) is 0 Å². The first-order valence-electron chi connectivity index (χ1n) is 7.16. The van der Waals surface area contributed by atoms with E-state index in [4.69, 9.17) is 15.2 Å². The monoisotopic (exact) mass is 322 g/mol. The van der Waals surface area contributed by atoms with Gasteiger partial charge in [0.25, 0.3) is 0 Å². The number of alkyl carbamates (subject to hydrolysis) is 1. The summed E-state index contributed by atoms with van der Waals surface area (Å²) in [5.74, 6) is -1.42. The Morgan fingerprint density at radius 2 is 1.78 bits per heavy atom. The van der Waals surface area contributed by atoms with E-state index in [-0.39, 0.29) is 13.0 Å². The molecule has 1 atom stereocenters. The summed E-state index contributed by atoms with van der Waals surface area (Å²) in [6.07, 6.45) is -1.25. The van der Waals surface area contributed by atoms with E-state index < -0.39 is 29.6 Å². The van der Waals surface area contributed by atoms with Gasteiger partial charge in [-0.05, 0) is 26.3 Å². The first-order chi connectivity index (χ1) is 10.7. The summed E-state index contributed by atoms with van der Waals surface area (Å²) in [7, 11) is 0. The molecular weight excluding hydrogens is 300 g/mol. The van der Waals surface area contributed by atoms with Crippen molar-refractivity contribution in [3.8, 4) is 0 Å². The lowest BCUT2D eigenvalue weighted by molar-refractivity contribution is -0.148. The summed E-state index contributed by atoms with van der Waals surface area (Å²) >= 11 is 0.